The second-order valence-corrected chi connectivity index (χ2v) is 5.70. The molecule has 0 unspecified atom stereocenters. The zero-order valence-corrected chi connectivity index (χ0v) is 14.1. The van der Waals surface area contributed by atoms with Gasteiger partial charge in [-0.25, -0.2) is 4.68 Å². The van der Waals surface area contributed by atoms with Gasteiger partial charge < -0.3 is 0 Å². The number of nitrogens with one attached hydrogen (secondary N) is 2. The van der Waals surface area contributed by atoms with Crippen LogP contribution in [0.1, 0.15) is 20.8 Å². The van der Waals surface area contributed by atoms with E-state index in [0.29, 0.717) is 10.7 Å². The summed E-state index contributed by atoms with van der Waals surface area (Å²) in [5.41, 5.74) is 5.36. The molecule has 2 amide bonds. The Hall–Kier alpha value is -2.90. The van der Waals surface area contributed by atoms with Crippen LogP contribution in [0.5, 0.6) is 0 Å². The van der Waals surface area contributed by atoms with Crippen LogP contribution in [0.4, 0.5) is 0 Å². The fraction of sp³-hybridized carbons (Fsp3) is 0. The van der Waals surface area contributed by atoms with E-state index in [4.69, 9.17) is 23.2 Å². The highest BCUT2D eigenvalue weighted by Gasteiger charge is 2.15. The van der Waals surface area contributed by atoms with Gasteiger partial charge in [0.25, 0.3) is 11.8 Å². The average molecular weight is 376 g/mol. The summed E-state index contributed by atoms with van der Waals surface area (Å²) in [6.07, 6.45) is 1.40. The fourth-order valence-corrected chi connectivity index (χ4v) is 2.46. The molecule has 25 heavy (non-hydrogen) atoms. The summed E-state index contributed by atoms with van der Waals surface area (Å²) < 4.78 is 1.37. The minimum Gasteiger partial charge on any atom is -0.267 e. The van der Waals surface area contributed by atoms with Gasteiger partial charge in [0.15, 0.2) is 5.69 Å². The first kappa shape index (κ1) is 16.9. The van der Waals surface area contributed by atoms with Crippen molar-refractivity contribution >= 4 is 35.0 Å². The van der Waals surface area contributed by atoms with Crippen LogP contribution in [0.2, 0.25) is 10.0 Å². The van der Waals surface area contributed by atoms with Gasteiger partial charge >= 0.3 is 0 Å². The highest BCUT2D eigenvalue weighted by molar-refractivity contribution is 6.33. The van der Waals surface area contributed by atoms with Crippen LogP contribution < -0.4 is 10.9 Å². The maximum atomic E-state index is 12.1. The number of hydrogen-bond acceptors (Lipinski definition) is 4. The Kier molecular flexibility index (Phi) is 4.97. The number of hydrazine groups is 1. The summed E-state index contributed by atoms with van der Waals surface area (Å²) in [6.45, 7) is 0. The number of carbonyl (C=O) groups excluding carboxylic acids is 2. The number of aromatic nitrogens is 3. The van der Waals surface area contributed by atoms with Crippen LogP contribution in [0.25, 0.3) is 5.69 Å². The molecule has 0 saturated carbocycles. The topological polar surface area (TPSA) is 88.9 Å². The minimum atomic E-state index is -0.626. The molecule has 0 bridgehead atoms. The van der Waals surface area contributed by atoms with Gasteiger partial charge in [-0.05, 0) is 24.3 Å². The molecule has 2 N–H and O–H groups in total. The van der Waals surface area contributed by atoms with E-state index in [1.807, 2.05) is 0 Å². The maximum absolute atomic E-state index is 12.1. The van der Waals surface area contributed by atoms with Crippen molar-refractivity contribution in [2.75, 3.05) is 0 Å². The summed E-state index contributed by atoms with van der Waals surface area (Å²) in [4.78, 5) is 24.1. The van der Waals surface area contributed by atoms with Gasteiger partial charge in [0.2, 0.25) is 0 Å². The SMILES string of the molecule is O=C(NNC(=O)c1ccccc1Cl)c1cn(-c2ccccc2Cl)nn1. The third kappa shape index (κ3) is 3.78. The molecule has 0 aliphatic carbocycles. The standard InChI is InChI=1S/C16H11Cl2N5O2/c17-11-6-2-1-5-10(11)15(24)20-21-16(25)13-9-23(22-19-13)14-8-4-3-7-12(14)18/h1-9H,(H,20,24)(H,21,25). The molecular formula is C16H11Cl2N5O2. The lowest BCUT2D eigenvalue weighted by molar-refractivity contribution is 0.0844. The number of nitrogens with zero attached hydrogens (tertiary/aromatic N) is 3. The molecule has 1 aromatic heterocycles. The van der Waals surface area contributed by atoms with Crippen molar-refractivity contribution in [1.29, 1.82) is 0 Å². The molecule has 0 radical (unpaired) electrons. The predicted octanol–water partition coefficient (Wildman–Crippen LogP) is 2.65. The highest BCUT2D eigenvalue weighted by Crippen LogP contribution is 2.18. The van der Waals surface area contributed by atoms with Crippen molar-refractivity contribution in [2.24, 2.45) is 0 Å². The first-order chi connectivity index (χ1) is 12.1. The van der Waals surface area contributed by atoms with E-state index in [2.05, 4.69) is 21.2 Å². The van der Waals surface area contributed by atoms with Crippen molar-refractivity contribution in [3.8, 4) is 5.69 Å². The van der Waals surface area contributed by atoms with Crippen LogP contribution in [0, 0.1) is 0 Å². The van der Waals surface area contributed by atoms with Crippen molar-refractivity contribution < 1.29 is 9.59 Å². The van der Waals surface area contributed by atoms with Crippen molar-refractivity contribution in [2.45, 2.75) is 0 Å². The highest BCUT2D eigenvalue weighted by atomic mass is 35.5. The van der Waals surface area contributed by atoms with Crippen LogP contribution in [0.15, 0.2) is 54.7 Å². The minimum absolute atomic E-state index is 0.0133. The molecule has 0 aliphatic heterocycles. The molecule has 2 aromatic carbocycles. The van der Waals surface area contributed by atoms with Crippen molar-refractivity contribution in [3.63, 3.8) is 0 Å². The Bertz CT molecular complexity index is 942. The number of carbonyl (C=O) groups is 2. The summed E-state index contributed by atoms with van der Waals surface area (Å²) >= 11 is 12.0. The monoisotopic (exact) mass is 375 g/mol. The molecule has 0 atom stereocenters. The van der Waals surface area contributed by atoms with Gasteiger partial charge in [0.05, 0.1) is 27.5 Å². The van der Waals surface area contributed by atoms with E-state index >= 15 is 0 Å². The van der Waals surface area contributed by atoms with Crippen molar-refractivity contribution in [3.05, 3.63) is 76.0 Å². The molecule has 7 nitrogen and oxygen atoms in total. The van der Waals surface area contributed by atoms with Gasteiger partial charge in [-0.3, -0.25) is 20.4 Å². The number of para-hydroxylation sites is 1. The molecule has 126 valence electrons. The smallest absolute Gasteiger partial charge is 0.267 e. The number of rotatable bonds is 3. The van der Waals surface area contributed by atoms with E-state index < -0.39 is 11.8 Å². The summed E-state index contributed by atoms with van der Waals surface area (Å²) in [5.74, 6) is -1.17. The zero-order chi connectivity index (χ0) is 17.8. The Balaban J connectivity index is 1.68. The molecule has 0 spiro atoms. The van der Waals surface area contributed by atoms with E-state index in [1.54, 1.807) is 42.5 Å². The second-order valence-electron chi connectivity index (χ2n) is 4.89. The van der Waals surface area contributed by atoms with Gasteiger partial charge in [-0.15, -0.1) is 5.10 Å². The van der Waals surface area contributed by atoms with Crippen LogP contribution in [0.3, 0.4) is 0 Å². The Labute approximate surface area is 152 Å². The van der Waals surface area contributed by atoms with E-state index in [-0.39, 0.29) is 16.3 Å². The lowest BCUT2D eigenvalue weighted by Gasteiger charge is -2.06. The number of halogens is 2. The summed E-state index contributed by atoms with van der Waals surface area (Å²) in [5, 5.41) is 8.36. The predicted molar refractivity (Wildman–Crippen MR) is 92.8 cm³/mol. The number of benzene rings is 2. The zero-order valence-electron chi connectivity index (χ0n) is 12.6. The largest absolute Gasteiger partial charge is 0.291 e. The first-order valence-electron chi connectivity index (χ1n) is 7.09. The maximum Gasteiger partial charge on any atom is 0.291 e. The Morgan fingerprint density at radius 3 is 2.24 bits per heavy atom. The van der Waals surface area contributed by atoms with E-state index in [9.17, 15) is 9.59 Å². The van der Waals surface area contributed by atoms with Gasteiger partial charge in [0.1, 0.15) is 0 Å². The number of hydrogen-bond donors (Lipinski definition) is 2. The molecule has 0 aliphatic rings. The molecule has 3 aromatic rings. The molecule has 9 heteroatoms. The molecule has 0 saturated heterocycles. The van der Waals surface area contributed by atoms with Crippen LogP contribution in [-0.2, 0) is 0 Å². The quantitative estimate of drug-likeness (QED) is 0.688. The fourth-order valence-electron chi connectivity index (χ4n) is 2.01. The third-order valence-corrected chi connectivity index (χ3v) is 3.88. The Morgan fingerprint density at radius 1 is 0.880 bits per heavy atom. The van der Waals surface area contributed by atoms with Crippen LogP contribution in [-0.4, -0.2) is 26.8 Å². The molecule has 3 rings (SSSR count). The lowest BCUT2D eigenvalue weighted by Crippen LogP contribution is -2.41. The molecular weight excluding hydrogens is 365 g/mol. The van der Waals surface area contributed by atoms with Crippen LogP contribution >= 0.6 is 23.2 Å². The average Bonchev–Trinajstić information content (AvgIpc) is 3.10. The first-order valence-corrected chi connectivity index (χ1v) is 7.84. The lowest BCUT2D eigenvalue weighted by atomic mass is 10.2. The van der Waals surface area contributed by atoms with Gasteiger partial charge in [0, 0.05) is 0 Å². The summed E-state index contributed by atoms with van der Waals surface area (Å²) in [6, 6.07) is 13.5. The second kappa shape index (κ2) is 7.33. The number of amides is 2. The molecule has 1 heterocycles. The molecule has 0 fully saturated rings. The normalized spacial score (nSPS) is 10.3. The van der Waals surface area contributed by atoms with E-state index in [0.717, 1.165) is 0 Å². The van der Waals surface area contributed by atoms with E-state index in [1.165, 1.54) is 16.9 Å². The van der Waals surface area contributed by atoms with Gasteiger partial charge in [-0.2, -0.15) is 0 Å². The van der Waals surface area contributed by atoms with Gasteiger partial charge in [-0.1, -0.05) is 52.7 Å². The Morgan fingerprint density at radius 2 is 1.52 bits per heavy atom. The summed E-state index contributed by atoms with van der Waals surface area (Å²) in [7, 11) is 0. The third-order valence-electron chi connectivity index (χ3n) is 3.23. The van der Waals surface area contributed by atoms with Crippen molar-refractivity contribution in [1.82, 2.24) is 25.8 Å².